The van der Waals surface area contributed by atoms with Gasteiger partial charge in [0.2, 0.25) is 5.82 Å². The molecule has 0 fully saturated rings. The van der Waals surface area contributed by atoms with Crippen LogP contribution in [0.1, 0.15) is 21.5 Å². The number of methoxy groups -OCH3 is 2. The van der Waals surface area contributed by atoms with Gasteiger partial charge in [-0.1, -0.05) is 41.9 Å². The number of aromatic carboxylic acids is 1. The molecule has 44 heavy (non-hydrogen) atoms. The first kappa shape index (κ1) is 28.5. The van der Waals surface area contributed by atoms with Gasteiger partial charge >= 0.3 is 5.97 Å². The molecule has 0 aliphatic carbocycles. The van der Waals surface area contributed by atoms with Crippen molar-refractivity contribution in [3.63, 3.8) is 0 Å². The summed E-state index contributed by atoms with van der Waals surface area (Å²) >= 11 is 6.40. The minimum atomic E-state index is -1.04. The predicted molar refractivity (Wildman–Crippen MR) is 166 cm³/mol. The van der Waals surface area contributed by atoms with Crippen LogP contribution in [0.4, 0.5) is 0 Å². The van der Waals surface area contributed by atoms with Gasteiger partial charge < -0.3 is 23.7 Å². The van der Waals surface area contributed by atoms with Crippen molar-refractivity contribution in [2.24, 2.45) is 5.10 Å². The third kappa shape index (κ3) is 5.46. The molecule has 0 aliphatic rings. The maximum atomic E-state index is 13.8. The summed E-state index contributed by atoms with van der Waals surface area (Å²) in [6.07, 6.45) is 1.42. The van der Waals surface area contributed by atoms with Crippen LogP contribution in [0.25, 0.3) is 33.5 Å². The molecule has 0 bridgehead atoms. The van der Waals surface area contributed by atoms with Crippen LogP contribution in [-0.2, 0) is 6.61 Å². The van der Waals surface area contributed by atoms with Crippen LogP contribution in [0.3, 0.4) is 0 Å². The van der Waals surface area contributed by atoms with Crippen molar-refractivity contribution in [1.82, 2.24) is 9.66 Å². The average molecular weight is 610 g/mol. The number of para-hydroxylation sites is 1. The Balaban J connectivity index is 1.46. The Morgan fingerprint density at radius 2 is 1.77 bits per heavy atom. The summed E-state index contributed by atoms with van der Waals surface area (Å²) in [6.45, 7) is 0.0312. The molecule has 0 aliphatic heterocycles. The molecule has 0 atom stereocenters. The number of fused-ring (bicyclic) bond motifs is 2. The number of halogens is 1. The fourth-order valence-corrected chi connectivity index (χ4v) is 4.99. The second kappa shape index (κ2) is 11.9. The summed E-state index contributed by atoms with van der Waals surface area (Å²) in [5.41, 5.74) is 1.78. The molecule has 6 rings (SSSR count). The average Bonchev–Trinajstić information content (AvgIpc) is 3.48. The third-order valence-corrected chi connectivity index (χ3v) is 7.07. The van der Waals surface area contributed by atoms with Crippen LogP contribution in [0.15, 0.2) is 99.2 Å². The number of carbonyl (C=O) groups is 1. The highest BCUT2D eigenvalue weighted by Gasteiger charge is 2.19. The molecular formula is C33H24ClN3O7. The summed E-state index contributed by atoms with van der Waals surface area (Å²) in [6, 6.07) is 23.7. The Morgan fingerprint density at radius 3 is 2.57 bits per heavy atom. The third-order valence-electron chi connectivity index (χ3n) is 6.85. The number of nitrogens with zero attached hydrogens (tertiary/aromatic N) is 3. The maximum Gasteiger partial charge on any atom is 0.335 e. The lowest BCUT2D eigenvalue weighted by molar-refractivity contribution is 0.0696. The molecule has 2 heterocycles. The Labute approximate surface area is 255 Å². The van der Waals surface area contributed by atoms with Gasteiger partial charge in [-0.3, -0.25) is 4.79 Å². The Morgan fingerprint density at radius 1 is 0.977 bits per heavy atom. The van der Waals surface area contributed by atoms with Crippen molar-refractivity contribution < 1.29 is 28.5 Å². The molecule has 1 N–H and O–H groups in total. The number of furan rings is 1. The molecule has 10 nitrogen and oxygen atoms in total. The van der Waals surface area contributed by atoms with E-state index in [-0.39, 0.29) is 23.7 Å². The van der Waals surface area contributed by atoms with E-state index < -0.39 is 11.5 Å². The van der Waals surface area contributed by atoms with Crippen LogP contribution in [0.5, 0.6) is 17.2 Å². The number of carboxylic acids is 1. The van der Waals surface area contributed by atoms with E-state index in [9.17, 15) is 14.7 Å². The molecule has 0 amide bonds. The first-order valence-corrected chi connectivity index (χ1v) is 13.7. The Bertz CT molecular complexity index is 2130. The van der Waals surface area contributed by atoms with Gasteiger partial charge in [0.25, 0.3) is 5.56 Å². The number of aromatic nitrogens is 2. The van der Waals surface area contributed by atoms with Crippen molar-refractivity contribution in [3.8, 4) is 28.8 Å². The zero-order valence-electron chi connectivity index (χ0n) is 23.5. The Kier molecular flexibility index (Phi) is 7.74. The van der Waals surface area contributed by atoms with Crippen LogP contribution < -0.4 is 19.8 Å². The molecule has 0 spiro atoms. The van der Waals surface area contributed by atoms with Gasteiger partial charge in [-0.15, -0.1) is 0 Å². The molecule has 6 aromatic rings. The lowest BCUT2D eigenvalue weighted by Crippen LogP contribution is -2.20. The number of ether oxygens (including phenoxy) is 3. The molecule has 220 valence electrons. The van der Waals surface area contributed by atoms with E-state index in [1.54, 1.807) is 73.8 Å². The molecule has 0 saturated carbocycles. The number of benzene rings is 4. The van der Waals surface area contributed by atoms with Crippen LogP contribution in [-0.4, -0.2) is 41.2 Å². The quantitative estimate of drug-likeness (QED) is 0.181. The number of carboxylic acid groups (broad SMARTS) is 1. The van der Waals surface area contributed by atoms with E-state index >= 15 is 0 Å². The van der Waals surface area contributed by atoms with E-state index in [1.807, 2.05) is 6.07 Å². The van der Waals surface area contributed by atoms with Gasteiger partial charge in [0, 0.05) is 16.7 Å². The van der Waals surface area contributed by atoms with E-state index in [2.05, 4.69) is 5.10 Å². The summed E-state index contributed by atoms with van der Waals surface area (Å²) in [7, 11) is 3.04. The van der Waals surface area contributed by atoms with Gasteiger partial charge in [0.15, 0.2) is 17.3 Å². The zero-order valence-corrected chi connectivity index (χ0v) is 24.2. The van der Waals surface area contributed by atoms with E-state index in [4.69, 9.17) is 35.2 Å². The van der Waals surface area contributed by atoms with E-state index in [0.29, 0.717) is 55.3 Å². The van der Waals surface area contributed by atoms with Crippen LogP contribution >= 0.6 is 11.6 Å². The van der Waals surface area contributed by atoms with Crippen LogP contribution in [0.2, 0.25) is 5.02 Å². The van der Waals surface area contributed by atoms with Gasteiger partial charge in [-0.25, -0.2) is 9.78 Å². The van der Waals surface area contributed by atoms with Crippen molar-refractivity contribution in [1.29, 1.82) is 0 Å². The summed E-state index contributed by atoms with van der Waals surface area (Å²) in [5.74, 6) is 0.655. The molecular weight excluding hydrogens is 586 g/mol. The standard InChI is InChI=1S/C33H24ClN3O7/c1-41-26-11-6-12-27-24(26)16-29(44-27)31-36-25-10-4-3-9-23(25)32(38)37(31)35-17-21-14-22(34)15-28(42-2)30(21)43-18-19-7-5-8-20(13-19)33(39)40/h3-17H,18H2,1-2H3,(H,39,40). The molecule has 0 saturated heterocycles. The zero-order chi connectivity index (χ0) is 30.8. The molecule has 4 aromatic carbocycles. The minimum Gasteiger partial charge on any atom is -0.496 e. The highest BCUT2D eigenvalue weighted by atomic mass is 35.5. The van der Waals surface area contributed by atoms with Crippen molar-refractivity contribution in [2.75, 3.05) is 14.2 Å². The van der Waals surface area contributed by atoms with Gasteiger partial charge in [0.05, 0.1) is 42.3 Å². The summed E-state index contributed by atoms with van der Waals surface area (Å²) in [4.78, 5) is 29.9. The summed E-state index contributed by atoms with van der Waals surface area (Å²) < 4.78 is 24.4. The fourth-order valence-electron chi connectivity index (χ4n) is 4.77. The second-order valence-electron chi connectivity index (χ2n) is 9.62. The largest absolute Gasteiger partial charge is 0.496 e. The summed E-state index contributed by atoms with van der Waals surface area (Å²) in [5, 5.41) is 15.3. The van der Waals surface area contributed by atoms with Crippen molar-refractivity contribution in [2.45, 2.75) is 6.61 Å². The van der Waals surface area contributed by atoms with Crippen LogP contribution in [0, 0.1) is 0 Å². The smallest absolute Gasteiger partial charge is 0.335 e. The predicted octanol–water partition coefficient (Wildman–Crippen LogP) is 6.64. The topological polar surface area (TPSA) is 125 Å². The first-order chi connectivity index (χ1) is 21.4. The molecule has 11 heteroatoms. The number of hydrogen-bond acceptors (Lipinski definition) is 8. The van der Waals surface area contributed by atoms with Crippen molar-refractivity contribution in [3.05, 3.63) is 117 Å². The lowest BCUT2D eigenvalue weighted by atomic mass is 10.1. The molecule has 0 unspecified atom stereocenters. The van der Waals surface area contributed by atoms with Crippen molar-refractivity contribution >= 4 is 45.7 Å². The first-order valence-electron chi connectivity index (χ1n) is 13.3. The SMILES string of the molecule is COc1cc(Cl)cc(C=Nn2c(-c3cc4c(OC)cccc4o3)nc3ccccc3c2=O)c1OCc1cccc(C(=O)O)c1. The number of hydrogen-bond donors (Lipinski definition) is 1. The monoisotopic (exact) mass is 609 g/mol. The Hall–Kier alpha value is -5.61. The number of rotatable bonds is 9. The molecule has 2 aromatic heterocycles. The maximum absolute atomic E-state index is 13.8. The lowest BCUT2D eigenvalue weighted by Gasteiger charge is -2.14. The normalized spacial score (nSPS) is 11.3. The van der Waals surface area contributed by atoms with Gasteiger partial charge in [-0.05, 0) is 54.1 Å². The minimum absolute atomic E-state index is 0.0312. The fraction of sp³-hybridized carbons (Fsp3) is 0.0909. The van der Waals surface area contributed by atoms with Gasteiger partial charge in [-0.2, -0.15) is 9.78 Å². The highest BCUT2D eigenvalue weighted by molar-refractivity contribution is 6.31. The second-order valence-corrected chi connectivity index (χ2v) is 10.1. The van der Waals surface area contributed by atoms with Gasteiger partial charge in [0.1, 0.15) is 17.9 Å². The van der Waals surface area contributed by atoms with E-state index in [1.165, 1.54) is 25.5 Å². The molecule has 0 radical (unpaired) electrons. The highest BCUT2D eigenvalue weighted by Crippen LogP contribution is 2.35. The van der Waals surface area contributed by atoms with E-state index in [0.717, 1.165) is 4.68 Å².